The predicted octanol–water partition coefficient (Wildman–Crippen LogP) is 3.40. The first-order valence-corrected chi connectivity index (χ1v) is 4.76. The van der Waals surface area contributed by atoms with Crippen LogP contribution in [0.5, 0.6) is 0 Å². The molecule has 0 aliphatic rings. The average Bonchev–Trinajstić information content (AvgIpc) is 2.17. The van der Waals surface area contributed by atoms with Crippen molar-refractivity contribution in [2.75, 3.05) is 0 Å². The Morgan fingerprint density at radius 2 is 1.85 bits per heavy atom. The Morgan fingerprint density at radius 3 is 2.23 bits per heavy atom. The second-order valence-corrected chi connectivity index (χ2v) is 3.49. The summed E-state index contributed by atoms with van der Waals surface area (Å²) >= 11 is 0. The molecule has 1 aromatic carbocycles. The van der Waals surface area contributed by atoms with Crippen LogP contribution in [-0.4, -0.2) is 5.78 Å². The Balaban J connectivity index is 2.87. The average molecular weight is 176 g/mol. The lowest BCUT2D eigenvalue weighted by Gasteiger charge is -2.08. The molecule has 1 nitrogen and oxygen atoms in total. The molecule has 0 N–H and O–H groups in total. The first-order chi connectivity index (χ1) is 6.15. The van der Waals surface area contributed by atoms with Crippen LogP contribution < -0.4 is 0 Å². The molecule has 0 amide bonds. The van der Waals surface area contributed by atoms with Crippen molar-refractivity contribution in [3.63, 3.8) is 0 Å². The maximum Gasteiger partial charge on any atom is 0.159 e. The minimum absolute atomic E-state index is 0.135. The Morgan fingerprint density at radius 1 is 1.31 bits per heavy atom. The SMILES string of the molecule is CC[C@H](C)c1ccc(C(C)=O)cc1. The smallest absolute Gasteiger partial charge is 0.159 e. The van der Waals surface area contributed by atoms with E-state index in [1.807, 2.05) is 24.3 Å². The molecule has 1 rings (SSSR count). The molecule has 70 valence electrons. The number of ketones is 1. The minimum Gasteiger partial charge on any atom is -0.295 e. The van der Waals surface area contributed by atoms with E-state index in [1.54, 1.807) is 6.92 Å². The van der Waals surface area contributed by atoms with Crippen LogP contribution in [0, 0.1) is 0 Å². The lowest BCUT2D eigenvalue weighted by Crippen LogP contribution is -1.94. The van der Waals surface area contributed by atoms with Crippen molar-refractivity contribution in [1.82, 2.24) is 0 Å². The summed E-state index contributed by atoms with van der Waals surface area (Å²) in [6.07, 6.45) is 1.14. The quantitative estimate of drug-likeness (QED) is 0.645. The molecule has 13 heavy (non-hydrogen) atoms. The van der Waals surface area contributed by atoms with Crippen LogP contribution in [0.25, 0.3) is 0 Å². The highest BCUT2D eigenvalue weighted by Crippen LogP contribution is 2.18. The number of benzene rings is 1. The van der Waals surface area contributed by atoms with E-state index < -0.39 is 0 Å². The Kier molecular flexibility index (Phi) is 3.24. The van der Waals surface area contributed by atoms with Crippen molar-refractivity contribution >= 4 is 5.78 Å². The van der Waals surface area contributed by atoms with Gasteiger partial charge in [0, 0.05) is 5.56 Å². The number of hydrogen-bond acceptors (Lipinski definition) is 1. The Labute approximate surface area is 79.8 Å². The van der Waals surface area contributed by atoms with Gasteiger partial charge in [-0.25, -0.2) is 0 Å². The van der Waals surface area contributed by atoms with Gasteiger partial charge in [0.15, 0.2) is 5.78 Å². The van der Waals surface area contributed by atoms with Gasteiger partial charge in [-0.1, -0.05) is 38.1 Å². The largest absolute Gasteiger partial charge is 0.295 e. The second-order valence-electron chi connectivity index (χ2n) is 3.49. The molecule has 0 unspecified atom stereocenters. The summed E-state index contributed by atoms with van der Waals surface area (Å²) in [4.78, 5) is 11.0. The van der Waals surface area contributed by atoms with E-state index in [1.165, 1.54) is 5.56 Å². The standard InChI is InChI=1S/C12H16O/c1-4-9(2)11-5-7-12(8-6-11)10(3)13/h5-9H,4H2,1-3H3/t9-/m0/s1. The maximum absolute atomic E-state index is 11.0. The first kappa shape index (κ1) is 9.97. The molecule has 0 saturated carbocycles. The van der Waals surface area contributed by atoms with E-state index in [2.05, 4.69) is 13.8 Å². The number of hydrogen-bond donors (Lipinski definition) is 0. The van der Waals surface area contributed by atoms with Crippen molar-refractivity contribution in [2.45, 2.75) is 33.1 Å². The summed E-state index contributed by atoms with van der Waals surface area (Å²) in [7, 11) is 0. The van der Waals surface area contributed by atoms with Gasteiger partial charge < -0.3 is 0 Å². The van der Waals surface area contributed by atoms with Crippen molar-refractivity contribution in [1.29, 1.82) is 0 Å². The molecule has 0 radical (unpaired) electrons. The molecule has 0 aromatic heterocycles. The minimum atomic E-state index is 0.135. The van der Waals surface area contributed by atoms with E-state index in [0.717, 1.165) is 12.0 Å². The number of carbonyl (C=O) groups excluding carboxylic acids is 1. The molecule has 0 aliphatic carbocycles. The zero-order chi connectivity index (χ0) is 9.84. The normalized spacial score (nSPS) is 12.5. The van der Waals surface area contributed by atoms with E-state index >= 15 is 0 Å². The van der Waals surface area contributed by atoms with Crippen LogP contribution in [0.15, 0.2) is 24.3 Å². The molecule has 1 aromatic rings. The lowest BCUT2D eigenvalue weighted by atomic mass is 9.97. The summed E-state index contributed by atoms with van der Waals surface area (Å²) in [6.45, 7) is 5.96. The third-order valence-electron chi connectivity index (χ3n) is 2.50. The molecule has 0 saturated heterocycles. The maximum atomic E-state index is 11.0. The van der Waals surface area contributed by atoms with E-state index in [0.29, 0.717) is 5.92 Å². The Hall–Kier alpha value is -1.11. The third-order valence-corrected chi connectivity index (χ3v) is 2.50. The number of Topliss-reactive ketones (excluding diaryl/α,β-unsaturated/α-hetero) is 1. The van der Waals surface area contributed by atoms with Gasteiger partial charge in [0.05, 0.1) is 0 Å². The summed E-state index contributed by atoms with van der Waals surface area (Å²) in [5.41, 5.74) is 2.11. The summed E-state index contributed by atoms with van der Waals surface area (Å²) in [5.74, 6) is 0.719. The summed E-state index contributed by atoms with van der Waals surface area (Å²) in [5, 5.41) is 0. The zero-order valence-electron chi connectivity index (χ0n) is 8.50. The van der Waals surface area contributed by atoms with Gasteiger partial charge in [-0.2, -0.15) is 0 Å². The highest BCUT2D eigenvalue weighted by molar-refractivity contribution is 5.94. The monoisotopic (exact) mass is 176 g/mol. The zero-order valence-corrected chi connectivity index (χ0v) is 8.50. The van der Waals surface area contributed by atoms with Gasteiger partial charge in [-0.3, -0.25) is 4.79 Å². The predicted molar refractivity (Wildman–Crippen MR) is 55.2 cm³/mol. The van der Waals surface area contributed by atoms with Gasteiger partial charge in [-0.05, 0) is 24.8 Å². The van der Waals surface area contributed by atoms with Crippen molar-refractivity contribution in [2.24, 2.45) is 0 Å². The van der Waals surface area contributed by atoms with Crippen LogP contribution in [0.1, 0.15) is 49.0 Å². The lowest BCUT2D eigenvalue weighted by molar-refractivity contribution is 0.101. The second kappa shape index (κ2) is 4.22. The van der Waals surface area contributed by atoms with E-state index in [-0.39, 0.29) is 5.78 Å². The van der Waals surface area contributed by atoms with Crippen LogP contribution in [0.4, 0.5) is 0 Å². The van der Waals surface area contributed by atoms with Gasteiger partial charge in [-0.15, -0.1) is 0 Å². The van der Waals surface area contributed by atoms with Crippen LogP contribution >= 0.6 is 0 Å². The van der Waals surface area contributed by atoms with Crippen molar-refractivity contribution in [3.8, 4) is 0 Å². The fourth-order valence-electron chi connectivity index (χ4n) is 1.28. The van der Waals surface area contributed by atoms with Gasteiger partial charge in [0.25, 0.3) is 0 Å². The fourth-order valence-corrected chi connectivity index (χ4v) is 1.28. The van der Waals surface area contributed by atoms with E-state index in [4.69, 9.17) is 0 Å². The highest BCUT2D eigenvalue weighted by Gasteiger charge is 2.03. The van der Waals surface area contributed by atoms with Crippen LogP contribution in [-0.2, 0) is 0 Å². The Bertz CT molecular complexity index is 284. The molecule has 0 fully saturated rings. The molecule has 1 atom stereocenters. The first-order valence-electron chi connectivity index (χ1n) is 4.76. The number of rotatable bonds is 3. The molecule has 0 heterocycles. The van der Waals surface area contributed by atoms with Crippen molar-refractivity contribution in [3.05, 3.63) is 35.4 Å². The highest BCUT2D eigenvalue weighted by atomic mass is 16.1. The number of carbonyl (C=O) groups is 1. The van der Waals surface area contributed by atoms with Crippen LogP contribution in [0.2, 0.25) is 0 Å². The molecule has 0 aliphatic heterocycles. The van der Waals surface area contributed by atoms with Crippen molar-refractivity contribution < 1.29 is 4.79 Å². The topological polar surface area (TPSA) is 17.1 Å². The molecular weight excluding hydrogens is 160 g/mol. The summed E-state index contributed by atoms with van der Waals surface area (Å²) in [6, 6.07) is 7.91. The molecule has 0 bridgehead atoms. The fraction of sp³-hybridized carbons (Fsp3) is 0.417. The third kappa shape index (κ3) is 2.41. The molecule has 1 heteroatoms. The van der Waals surface area contributed by atoms with Gasteiger partial charge in [0.2, 0.25) is 0 Å². The van der Waals surface area contributed by atoms with Gasteiger partial charge >= 0.3 is 0 Å². The molecule has 0 spiro atoms. The van der Waals surface area contributed by atoms with Gasteiger partial charge in [0.1, 0.15) is 0 Å². The van der Waals surface area contributed by atoms with E-state index in [9.17, 15) is 4.79 Å². The van der Waals surface area contributed by atoms with Crippen LogP contribution in [0.3, 0.4) is 0 Å². The molecular formula is C12H16O. The summed E-state index contributed by atoms with van der Waals surface area (Å²) < 4.78 is 0.